The number of nitrogen functional groups attached to an aromatic ring is 1. The number of ether oxygens (including phenoxy) is 1. The fraction of sp³-hybridized carbons (Fsp3) is 0.522. The van der Waals surface area contributed by atoms with Gasteiger partial charge in [-0.1, -0.05) is 50.1 Å². The predicted octanol–water partition coefficient (Wildman–Crippen LogP) is 5.06. The average Bonchev–Trinajstić information content (AvgIpc) is 2.69. The van der Waals surface area contributed by atoms with E-state index >= 15 is 0 Å². The number of anilines is 1. The summed E-state index contributed by atoms with van der Waals surface area (Å²) >= 11 is 0. The second-order valence-corrected chi connectivity index (χ2v) is 11.7. The van der Waals surface area contributed by atoms with Crippen molar-refractivity contribution in [3.63, 3.8) is 0 Å². The van der Waals surface area contributed by atoms with Gasteiger partial charge in [0.15, 0.2) is 18.9 Å². The number of nitrogens with zero attached hydrogens (tertiary/aromatic N) is 3. The van der Waals surface area contributed by atoms with Crippen LogP contribution in [-0.2, 0) is 4.57 Å². The van der Waals surface area contributed by atoms with Crippen molar-refractivity contribution in [3.8, 4) is 5.88 Å². The summed E-state index contributed by atoms with van der Waals surface area (Å²) in [6, 6.07) is 9.89. The molecule has 0 radical (unpaired) electrons. The highest BCUT2D eigenvalue weighted by Crippen LogP contribution is 2.42. The summed E-state index contributed by atoms with van der Waals surface area (Å²) in [4.78, 5) is 21.8. The highest BCUT2D eigenvalue weighted by atomic mass is 31.2. The van der Waals surface area contributed by atoms with Crippen LogP contribution in [0.25, 0.3) is 0 Å². The lowest BCUT2D eigenvalue weighted by molar-refractivity contribution is 0.171. The van der Waals surface area contributed by atoms with E-state index in [2.05, 4.69) is 21.9 Å². The first kappa shape index (κ1) is 23.4. The van der Waals surface area contributed by atoms with E-state index in [1.807, 2.05) is 44.2 Å². The molecule has 1 aromatic carbocycles. The fourth-order valence-electron chi connectivity index (χ4n) is 4.09. The Morgan fingerprint density at radius 3 is 2.42 bits per heavy atom. The Morgan fingerprint density at radius 2 is 1.81 bits per heavy atom. The number of aliphatic imine (C=N–C) groups is 1. The molecule has 1 aromatic heterocycles. The minimum Gasteiger partial charge on any atom is -0.463 e. The molecule has 1 aliphatic heterocycles. The third kappa shape index (κ3) is 6.37. The Kier molecular flexibility index (Phi) is 7.17. The van der Waals surface area contributed by atoms with Crippen LogP contribution in [0.1, 0.15) is 52.0 Å². The van der Waals surface area contributed by atoms with Crippen LogP contribution in [0.15, 0.2) is 41.7 Å². The molecule has 4 rings (SSSR count). The lowest BCUT2D eigenvalue weighted by Crippen LogP contribution is -2.41. The first-order chi connectivity index (χ1) is 14.5. The molecule has 8 heteroatoms. The van der Waals surface area contributed by atoms with Gasteiger partial charge in [0.05, 0.1) is 5.71 Å². The maximum absolute atomic E-state index is 11.1. The van der Waals surface area contributed by atoms with Crippen molar-refractivity contribution in [1.29, 1.82) is 0 Å². The van der Waals surface area contributed by atoms with Crippen LogP contribution in [0.3, 0.4) is 0 Å². The summed E-state index contributed by atoms with van der Waals surface area (Å²) in [6.45, 7) is 7.66. The second kappa shape index (κ2) is 9.49. The Hall–Kier alpha value is -2.24. The highest BCUT2D eigenvalue weighted by Gasteiger charge is 2.34. The summed E-state index contributed by atoms with van der Waals surface area (Å²) in [5.74, 6) is 2.10. The molecule has 0 saturated heterocycles. The summed E-state index contributed by atoms with van der Waals surface area (Å²) < 4.78 is 17.0. The van der Waals surface area contributed by atoms with E-state index in [9.17, 15) is 9.46 Å². The molecule has 7 nitrogen and oxygen atoms in total. The molecule has 0 bridgehead atoms. The molecule has 1 unspecified atom stereocenters. The van der Waals surface area contributed by atoms with E-state index in [1.165, 1.54) is 25.8 Å². The molecule has 168 valence electrons. The smallest absolute Gasteiger partial charge is 0.246 e. The topological polar surface area (TPSA) is 111 Å². The van der Waals surface area contributed by atoms with E-state index in [1.54, 1.807) is 0 Å². The number of benzene rings is 1. The number of hydrogen-bond acceptors (Lipinski definition) is 6. The lowest BCUT2D eigenvalue weighted by atomic mass is 9.84. The Morgan fingerprint density at radius 1 is 1.16 bits per heavy atom. The molecule has 2 aliphatic rings. The van der Waals surface area contributed by atoms with Gasteiger partial charge in [0.25, 0.3) is 0 Å². The van der Waals surface area contributed by atoms with Crippen molar-refractivity contribution < 1.29 is 14.2 Å². The molecular weight excluding hydrogens is 411 g/mol. The molecule has 2 aromatic rings. The first-order valence-electron chi connectivity index (χ1n) is 10.8. The van der Waals surface area contributed by atoms with Gasteiger partial charge in [-0.15, -0.1) is 0 Å². The number of rotatable bonds is 3. The first-order valence-corrected chi connectivity index (χ1v) is 13.1. The monoisotopic (exact) mass is 444 g/mol. The largest absolute Gasteiger partial charge is 0.463 e. The van der Waals surface area contributed by atoms with Crippen molar-refractivity contribution in [2.24, 2.45) is 16.8 Å². The Bertz CT molecular complexity index is 964. The zero-order valence-electron chi connectivity index (χ0n) is 18.8. The standard InChI is InChI=1S/C14H14N4O.C9H19O2P/c1-14(2)11(9-6-4-3-5-7-9)18-10-12(15)16-8-17-13(10)19-14;1-8-3-5-9(6-4-8)7-12(2,10)11/h3-8H,1-2H3,(H2,15,16,17);8-9H,3-7H2,1-2H3,(H,10,11). The van der Waals surface area contributed by atoms with E-state index in [0.29, 0.717) is 29.5 Å². The molecule has 2 heterocycles. The molecule has 31 heavy (non-hydrogen) atoms. The zero-order chi connectivity index (χ0) is 22.6. The number of nitrogens with two attached hydrogens (primary N) is 1. The van der Waals surface area contributed by atoms with Crippen LogP contribution < -0.4 is 10.5 Å². The third-order valence-electron chi connectivity index (χ3n) is 5.74. The van der Waals surface area contributed by atoms with E-state index in [0.717, 1.165) is 30.0 Å². The molecule has 1 saturated carbocycles. The van der Waals surface area contributed by atoms with Crippen molar-refractivity contribution in [2.75, 3.05) is 18.6 Å². The highest BCUT2D eigenvalue weighted by molar-refractivity contribution is 7.57. The molecule has 1 aliphatic carbocycles. The third-order valence-corrected chi connectivity index (χ3v) is 6.94. The minimum absolute atomic E-state index is 0.328. The van der Waals surface area contributed by atoms with Gasteiger partial charge in [0.2, 0.25) is 5.88 Å². The molecular formula is C23H33N4O3P. The second-order valence-electron chi connectivity index (χ2n) is 9.21. The van der Waals surface area contributed by atoms with Crippen LogP contribution in [0.5, 0.6) is 5.88 Å². The van der Waals surface area contributed by atoms with Crippen molar-refractivity contribution in [3.05, 3.63) is 42.2 Å². The lowest BCUT2D eigenvalue weighted by Gasteiger charge is -2.32. The van der Waals surface area contributed by atoms with E-state index in [-0.39, 0.29) is 0 Å². The quantitative estimate of drug-likeness (QED) is 0.640. The van der Waals surface area contributed by atoms with Gasteiger partial charge in [-0.25, -0.2) is 9.98 Å². The van der Waals surface area contributed by atoms with E-state index in [4.69, 9.17) is 10.5 Å². The van der Waals surface area contributed by atoms with Crippen molar-refractivity contribution >= 4 is 24.6 Å². The summed E-state index contributed by atoms with van der Waals surface area (Å²) in [5, 5.41) is 0. The van der Waals surface area contributed by atoms with Crippen LogP contribution in [0.4, 0.5) is 11.5 Å². The summed E-state index contributed by atoms with van der Waals surface area (Å²) in [7, 11) is -2.75. The predicted molar refractivity (Wildman–Crippen MR) is 126 cm³/mol. The van der Waals surface area contributed by atoms with Crippen LogP contribution in [0.2, 0.25) is 0 Å². The number of hydrogen-bond donors (Lipinski definition) is 2. The van der Waals surface area contributed by atoms with Gasteiger partial charge < -0.3 is 15.4 Å². The van der Waals surface area contributed by atoms with Gasteiger partial charge in [0.1, 0.15) is 11.9 Å². The summed E-state index contributed by atoms with van der Waals surface area (Å²) in [5.41, 5.74) is 7.59. The molecule has 1 fully saturated rings. The summed E-state index contributed by atoms with van der Waals surface area (Å²) in [6.07, 6.45) is 6.71. The van der Waals surface area contributed by atoms with Crippen LogP contribution in [-0.4, -0.2) is 39.0 Å². The van der Waals surface area contributed by atoms with Gasteiger partial charge in [-0.2, -0.15) is 4.98 Å². The number of aromatic nitrogens is 2. The molecule has 0 spiro atoms. The maximum atomic E-state index is 11.1. The van der Waals surface area contributed by atoms with Gasteiger partial charge in [-0.3, -0.25) is 4.57 Å². The fourth-order valence-corrected chi connectivity index (χ4v) is 5.41. The molecule has 3 N–H and O–H groups in total. The Labute approximate surface area is 184 Å². The van der Waals surface area contributed by atoms with Crippen molar-refractivity contribution in [1.82, 2.24) is 9.97 Å². The SMILES string of the molecule is CC1(C)Oc2ncnc(N)c2N=C1c1ccccc1.CC1CCC(CP(C)(=O)O)CC1. The molecule has 0 amide bonds. The van der Waals surface area contributed by atoms with E-state index < -0.39 is 13.0 Å². The van der Waals surface area contributed by atoms with Gasteiger partial charge >= 0.3 is 0 Å². The Balaban J connectivity index is 0.000000196. The normalized spacial score (nSPS) is 23.8. The van der Waals surface area contributed by atoms with Crippen LogP contribution in [0, 0.1) is 11.8 Å². The van der Waals surface area contributed by atoms with Crippen LogP contribution >= 0.6 is 7.37 Å². The van der Waals surface area contributed by atoms with Gasteiger partial charge in [-0.05, 0) is 38.5 Å². The number of fused-ring (bicyclic) bond motifs is 1. The van der Waals surface area contributed by atoms with Gasteiger partial charge in [0, 0.05) is 18.4 Å². The zero-order valence-corrected chi connectivity index (χ0v) is 19.7. The minimum atomic E-state index is -2.75. The average molecular weight is 445 g/mol. The molecule has 1 atom stereocenters. The maximum Gasteiger partial charge on any atom is 0.246 e. The van der Waals surface area contributed by atoms with Crippen molar-refractivity contribution in [2.45, 2.75) is 52.1 Å².